The van der Waals surface area contributed by atoms with Crippen LogP contribution in [0.3, 0.4) is 0 Å². The van der Waals surface area contributed by atoms with Crippen molar-refractivity contribution >= 4 is 35.0 Å². The Bertz CT molecular complexity index is 494. The number of amides is 2. The van der Waals surface area contributed by atoms with Crippen molar-refractivity contribution in [3.8, 4) is 5.75 Å². The molecule has 0 bridgehead atoms. The molecule has 2 N–H and O–H groups in total. The summed E-state index contributed by atoms with van der Waals surface area (Å²) in [5, 5.41) is 0.739. The fraction of sp³-hybridized carbons (Fsp3) is 0.333. The average molecular weight is 305 g/mol. The summed E-state index contributed by atoms with van der Waals surface area (Å²) in [6, 6.07) is 4.69. The average Bonchev–Trinajstić information content (AvgIpc) is 2.32. The second-order valence-electron chi connectivity index (χ2n) is 4.00. The van der Waals surface area contributed by atoms with Crippen LogP contribution in [0.25, 0.3) is 0 Å². The Balaban J connectivity index is 2.68. The fourth-order valence-corrected chi connectivity index (χ4v) is 1.71. The minimum atomic E-state index is -0.762. The number of carbonyl (C=O) groups excluding carboxylic acids is 2. The highest BCUT2D eigenvalue weighted by atomic mass is 35.5. The van der Waals surface area contributed by atoms with Crippen LogP contribution in [0.15, 0.2) is 18.2 Å². The van der Waals surface area contributed by atoms with Crippen LogP contribution in [0, 0.1) is 0 Å². The molecule has 0 radical (unpaired) electrons. The van der Waals surface area contributed by atoms with Gasteiger partial charge in [0, 0.05) is 13.1 Å². The Hall–Kier alpha value is -1.46. The van der Waals surface area contributed by atoms with Crippen molar-refractivity contribution in [1.82, 2.24) is 4.90 Å². The van der Waals surface area contributed by atoms with Crippen LogP contribution in [0.2, 0.25) is 10.0 Å². The van der Waals surface area contributed by atoms with Crippen LogP contribution in [0.5, 0.6) is 5.75 Å². The number of ether oxygens (including phenoxy) is 1. The number of carbonyl (C=O) groups is 2. The van der Waals surface area contributed by atoms with Gasteiger partial charge >= 0.3 is 0 Å². The van der Waals surface area contributed by atoms with Gasteiger partial charge in [-0.15, -0.1) is 0 Å². The Labute approximate surface area is 121 Å². The zero-order valence-electron chi connectivity index (χ0n) is 10.5. The van der Waals surface area contributed by atoms with Gasteiger partial charge < -0.3 is 15.4 Å². The summed E-state index contributed by atoms with van der Waals surface area (Å²) in [6.45, 7) is 1.41. The molecule has 0 spiro atoms. The summed E-state index contributed by atoms with van der Waals surface area (Å²) in [7, 11) is 1.47. The molecular formula is C12H14Cl2N2O3. The van der Waals surface area contributed by atoms with Crippen LogP contribution in [0.4, 0.5) is 0 Å². The lowest BCUT2D eigenvalue weighted by molar-refractivity contribution is -0.139. The second-order valence-corrected chi connectivity index (χ2v) is 4.81. The van der Waals surface area contributed by atoms with Gasteiger partial charge in [-0.2, -0.15) is 0 Å². The van der Waals surface area contributed by atoms with Crippen LogP contribution in [-0.2, 0) is 9.59 Å². The Morgan fingerprint density at radius 2 is 2.00 bits per heavy atom. The van der Waals surface area contributed by atoms with Crippen molar-refractivity contribution in [2.45, 2.75) is 13.0 Å². The first-order valence-electron chi connectivity index (χ1n) is 5.46. The Kier molecular flexibility index (Phi) is 5.44. The number of benzene rings is 1. The van der Waals surface area contributed by atoms with Crippen LogP contribution in [-0.4, -0.2) is 36.4 Å². The number of halogens is 2. The lowest BCUT2D eigenvalue weighted by Crippen LogP contribution is -2.42. The highest BCUT2D eigenvalue weighted by molar-refractivity contribution is 6.42. The van der Waals surface area contributed by atoms with E-state index in [1.807, 2.05) is 0 Å². The summed E-state index contributed by atoms with van der Waals surface area (Å²) >= 11 is 11.6. The van der Waals surface area contributed by atoms with Crippen LogP contribution >= 0.6 is 23.2 Å². The van der Waals surface area contributed by atoms with Gasteiger partial charge in [0.25, 0.3) is 5.91 Å². The minimum absolute atomic E-state index is 0.159. The van der Waals surface area contributed by atoms with E-state index >= 15 is 0 Å². The number of hydrogen-bond donors (Lipinski definition) is 1. The van der Waals surface area contributed by atoms with Crippen molar-refractivity contribution in [3.63, 3.8) is 0 Å². The maximum atomic E-state index is 11.9. The number of rotatable bonds is 5. The van der Waals surface area contributed by atoms with Gasteiger partial charge in [0.15, 0.2) is 6.10 Å². The quantitative estimate of drug-likeness (QED) is 0.900. The van der Waals surface area contributed by atoms with Gasteiger partial charge in [-0.1, -0.05) is 23.2 Å². The fourth-order valence-electron chi connectivity index (χ4n) is 1.43. The van der Waals surface area contributed by atoms with Gasteiger partial charge in [-0.05, 0) is 19.1 Å². The number of nitrogens with zero attached hydrogens (tertiary/aromatic N) is 1. The lowest BCUT2D eigenvalue weighted by atomic mass is 10.3. The molecule has 104 valence electrons. The first-order chi connectivity index (χ1) is 8.81. The zero-order chi connectivity index (χ0) is 14.6. The molecule has 1 rings (SSSR count). The van der Waals surface area contributed by atoms with E-state index in [0.717, 1.165) is 0 Å². The van der Waals surface area contributed by atoms with E-state index in [0.29, 0.717) is 15.8 Å². The molecule has 0 saturated carbocycles. The highest BCUT2D eigenvalue weighted by Gasteiger charge is 2.20. The van der Waals surface area contributed by atoms with Gasteiger partial charge in [-0.3, -0.25) is 9.59 Å². The van der Waals surface area contributed by atoms with E-state index in [2.05, 4.69) is 0 Å². The summed E-state index contributed by atoms with van der Waals surface area (Å²) in [6.07, 6.45) is -0.762. The number of nitrogens with two attached hydrogens (primary N) is 1. The van der Waals surface area contributed by atoms with Crippen molar-refractivity contribution in [2.24, 2.45) is 5.73 Å². The molecule has 0 aliphatic carbocycles. The molecule has 7 heteroatoms. The van der Waals surface area contributed by atoms with Crippen molar-refractivity contribution in [1.29, 1.82) is 0 Å². The van der Waals surface area contributed by atoms with Crippen molar-refractivity contribution < 1.29 is 14.3 Å². The molecule has 2 amide bonds. The van der Waals surface area contributed by atoms with Crippen LogP contribution in [0.1, 0.15) is 6.92 Å². The van der Waals surface area contributed by atoms with E-state index in [4.69, 9.17) is 33.7 Å². The largest absolute Gasteiger partial charge is 0.481 e. The maximum absolute atomic E-state index is 11.9. The molecule has 1 aromatic rings. The van der Waals surface area contributed by atoms with Crippen molar-refractivity contribution in [2.75, 3.05) is 13.6 Å². The minimum Gasteiger partial charge on any atom is -0.481 e. The maximum Gasteiger partial charge on any atom is 0.263 e. The molecule has 0 fully saturated rings. The smallest absolute Gasteiger partial charge is 0.263 e. The van der Waals surface area contributed by atoms with E-state index in [1.165, 1.54) is 18.0 Å². The first kappa shape index (κ1) is 15.6. The third-order valence-electron chi connectivity index (χ3n) is 2.32. The molecule has 0 aromatic heterocycles. The SMILES string of the molecule is C[C@@H](Oc1ccc(Cl)c(Cl)c1)C(=O)N(C)CC(N)=O. The molecule has 0 aliphatic heterocycles. The molecule has 0 aliphatic rings. The third-order valence-corrected chi connectivity index (χ3v) is 3.06. The molecular weight excluding hydrogens is 291 g/mol. The highest BCUT2D eigenvalue weighted by Crippen LogP contribution is 2.26. The van der Waals surface area contributed by atoms with Gasteiger partial charge in [0.05, 0.1) is 16.6 Å². The van der Waals surface area contributed by atoms with E-state index < -0.39 is 12.0 Å². The number of primary amides is 1. The molecule has 0 saturated heterocycles. The molecule has 0 heterocycles. The normalized spacial score (nSPS) is 11.8. The summed E-state index contributed by atoms with van der Waals surface area (Å²) < 4.78 is 5.43. The molecule has 0 unspecified atom stereocenters. The van der Waals surface area contributed by atoms with E-state index in [1.54, 1.807) is 19.1 Å². The van der Waals surface area contributed by atoms with Gasteiger partial charge in [0.2, 0.25) is 5.91 Å². The number of hydrogen-bond acceptors (Lipinski definition) is 3. The van der Waals surface area contributed by atoms with Gasteiger partial charge in [-0.25, -0.2) is 0 Å². The molecule has 1 aromatic carbocycles. The predicted octanol–water partition coefficient (Wildman–Crippen LogP) is 1.70. The van der Waals surface area contributed by atoms with Crippen molar-refractivity contribution in [3.05, 3.63) is 28.2 Å². The summed E-state index contributed by atoms with van der Waals surface area (Å²) in [5.74, 6) is -0.523. The standard InChI is InChI=1S/C12H14Cl2N2O3/c1-7(12(18)16(2)6-11(15)17)19-8-3-4-9(13)10(14)5-8/h3-5,7H,6H2,1-2H3,(H2,15,17)/t7-/m1/s1. The third kappa shape index (κ3) is 4.61. The topological polar surface area (TPSA) is 72.6 Å². The van der Waals surface area contributed by atoms with Gasteiger partial charge in [0.1, 0.15) is 5.75 Å². The number of likely N-dealkylation sites (N-methyl/N-ethyl adjacent to an activating group) is 1. The molecule has 1 atom stereocenters. The van der Waals surface area contributed by atoms with Crippen LogP contribution < -0.4 is 10.5 Å². The molecule has 5 nitrogen and oxygen atoms in total. The predicted molar refractivity (Wildman–Crippen MR) is 73.4 cm³/mol. The van der Waals surface area contributed by atoms with E-state index in [-0.39, 0.29) is 12.5 Å². The molecule has 19 heavy (non-hydrogen) atoms. The first-order valence-corrected chi connectivity index (χ1v) is 6.22. The summed E-state index contributed by atoms with van der Waals surface area (Å²) in [5.41, 5.74) is 5.01. The monoisotopic (exact) mass is 304 g/mol. The Morgan fingerprint density at radius 3 is 2.53 bits per heavy atom. The Morgan fingerprint density at radius 1 is 1.37 bits per heavy atom. The lowest BCUT2D eigenvalue weighted by Gasteiger charge is -2.21. The second kappa shape index (κ2) is 6.63. The van der Waals surface area contributed by atoms with E-state index in [9.17, 15) is 9.59 Å². The zero-order valence-corrected chi connectivity index (χ0v) is 12.0. The summed E-state index contributed by atoms with van der Waals surface area (Å²) in [4.78, 5) is 23.8.